The van der Waals surface area contributed by atoms with Crippen molar-refractivity contribution >= 4 is 18.3 Å². The van der Waals surface area contributed by atoms with Crippen LogP contribution in [0.2, 0.25) is 0 Å². The molecule has 0 bridgehead atoms. The fourth-order valence-corrected chi connectivity index (χ4v) is 3.74. The first-order valence-electron chi connectivity index (χ1n) is 9.30. The first-order valence-corrected chi connectivity index (χ1v) is 9.30. The van der Waals surface area contributed by atoms with Gasteiger partial charge < -0.3 is 10.2 Å². The van der Waals surface area contributed by atoms with Gasteiger partial charge in [-0.25, -0.2) is 9.82 Å². The molecule has 2 aliphatic rings. The molecular weight excluding hydrogens is 355 g/mol. The lowest BCUT2D eigenvalue weighted by atomic mass is 9.94. The van der Waals surface area contributed by atoms with Crippen LogP contribution in [0.3, 0.4) is 0 Å². The van der Waals surface area contributed by atoms with E-state index in [1.54, 1.807) is 0 Å². The van der Waals surface area contributed by atoms with E-state index in [2.05, 4.69) is 16.2 Å². The molecule has 146 valence electrons. The number of rotatable bonds is 5. The molecule has 26 heavy (non-hydrogen) atoms. The van der Waals surface area contributed by atoms with E-state index < -0.39 is 0 Å². The van der Waals surface area contributed by atoms with Crippen LogP contribution in [-0.2, 0) is 4.79 Å². The van der Waals surface area contributed by atoms with Crippen molar-refractivity contribution in [1.29, 1.82) is 0 Å². The van der Waals surface area contributed by atoms with Gasteiger partial charge in [-0.1, -0.05) is 26.0 Å². The maximum Gasteiger partial charge on any atom is 0.225 e. The average molecular weight is 385 g/mol. The van der Waals surface area contributed by atoms with Crippen molar-refractivity contribution < 1.29 is 9.18 Å². The van der Waals surface area contributed by atoms with Crippen LogP contribution in [0.15, 0.2) is 24.3 Å². The van der Waals surface area contributed by atoms with Crippen LogP contribution in [0.4, 0.5) is 4.39 Å². The number of nitrogens with zero attached hydrogens (tertiary/aromatic N) is 1. The highest BCUT2D eigenvalue weighted by atomic mass is 35.5. The second-order valence-electron chi connectivity index (χ2n) is 7.48. The highest BCUT2D eigenvalue weighted by molar-refractivity contribution is 5.85. The summed E-state index contributed by atoms with van der Waals surface area (Å²) in [6.45, 7) is 7.41. The van der Waals surface area contributed by atoms with Crippen molar-refractivity contribution in [2.75, 3.05) is 26.2 Å². The summed E-state index contributed by atoms with van der Waals surface area (Å²) in [5, 5.41) is 3.67. The Balaban J connectivity index is 0.00000243. The van der Waals surface area contributed by atoms with Gasteiger partial charge in [0.1, 0.15) is 5.82 Å². The molecule has 5 nitrogen and oxygen atoms in total. The quantitative estimate of drug-likeness (QED) is 0.728. The summed E-state index contributed by atoms with van der Waals surface area (Å²) in [6.07, 6.45) is 2.01. The molecule has 3 N–H and O–H groups in total. The van der Waals surface area contributed by atoms with Crippen molar-refractivity contribution in [3.05, 3.63) is 35.6 Å². The Morgan fingerprint density at radius 1 is 1.27 bits per heavy atom. The molecule has 2 aliphatic heterocycles. The molecule has 0 aliphatic carbocycles. The lowest BCUT2D eigenvalue weighted by Crippen LogP contribution is -2.47. The monoisotopic (exact) mass is 384 g/mol. The standard InChI is InChI=1S/C19H29FN4O.ClH/c1-13(2)19(25)24-9-7-17(8-10-24)21-11-15-12-22-23-18(15)14-3-5-16(20)6-4-14;/h3-6,13,15,17-18,21-23H,7-12H2,1-2H3;1H. The van der Waals surface area contributed by atoms with Crippen LogP contribution in [0, 0.1) is 17.7 Å². The van der Waals surface area contributed by atoms with E-state index in [9.17, 15) is 9.18 Å². The number of halogens is 2. The summed E-state index contributed by atoms with van der Waals surface area (Å²) in [4.78, 5) is 14.0. The van der Waals surface area contributed by atoms with E-state index in [1.807, 2.05) is 30.9 Å². The molecule has 1 aromatic rings. The van der Waals surface area contributed by atoms with E-state index in [0.717, 1.165) is 44.6 Å². The maximum atomic E-state index is 13.1. The molecule has 2 unspecified atom stereocenters. The zero-order valence-electron chi connectivity index (χ0n) is 15.5. The SMILES string of the molecule is CC(C)C(=O)N1CCC(NCC2CNNC2c2ccc(F)cc2)CC1.Cl. The molecular formula is C19H30ClFN4O. The summed E-state index contributed by atoms with van der Waals surface area (Å²) in [5.41, 5.74) is 7.63. The van der Waals surface area contributed by atoms with Gasteiger partial charge in [0, 0.05) is 44.1 Å². The number of hydrogen-bond acceptors (Lipinski definition) is 4. The van der Waals surface area contributed by atoms with Crippen molar-refractivity contribution in [1.82, 2.24) is 21.1 Å². The number of piperidine rings is 1. The summed E-state index contributed by atoms with van der Waals surface area (Å²) in [5.74, 6) is 0.559. The van der Waals surface area contributed by atoms with E-state index in [1.165, 1.54) is 12.1 Å². The predicted molar refractivity (Wildman–Crippen MR) is 103 cm³/mol. The van der Waals surface area contributed by atoms with Crippen LogP contribution in [-0.4, -0.2) is 43.0 Å². The lowest BCUT2D eigenvalue weighted by molar-refractivity contribution is -0.135. The van der Waals surface area contributed by atoms with Crippen molar-refractivity contribution in [2.24, 2.45) is 11.8 Å². The molecule has 2 saturated heterocycles. The molecule has 7 heteroatoms. The highest BCUT2D eigenvalue weighted by Crippen LogP contribution is 2.25. The Morgan fingerprint density at radius 3 is 2.54 bits per heavy atom. The number of hydrazine groups is 1. The van der Waals surface area contributed by atoms with Gasteiger partial charge in [-0.3, -0.25) is 10.2 Å². The van der Waals surface area contributed by atoms with Gasteiger partial charge in [0.15, 0.2) is 0 Å². The van der Waals surface area contributed by atoms with Crippen LogP contribution >= 0.6 is 12.4 Å². The minimum Gasteiger partial charge on any atom is -0.342 e. The van der Waals surface area contributed by atoms with Gasteiger partial charge in [-0.05, 0) is 30.5 Å². The fourth-order valence-electron chi connectivity index (χ4n) is 3.74. The summed E-state index contributed by atoms with van der Waals surface area (Å²) < 4.78 is 13.1. The number of carbonyl (C=O) groups excluding carboxylic acids is 1. The number of carbonyl (C=O) groups is 1. The molecule has 3 rings (SSSR count). The lowest BCUT2D eigenvalue weighted by Gasteiger charge is -2.34. The molecule has 1 amide bonds. The minimum absolute atomic E-state index is 0. The average Bonchev–Trinajstić information content (AvgIpc) is 3.09. The summed E-state index contributed by atoms with van der Waals surface area (Å²) >= 11 is 0. The van der Waals surface area contributed by atoms with Gasteiger partial charge in [0.2, 0.25) is 5.91 Å². The van der Waals surface area contributed by atoms with E-state index in [-0.39, 0.29) is 36.1 Å². The summed E-state index contributed by atoms with van der Waals surface area (Å²) in [6, 6.07) is 7.38. The Bertz CT molecular complexity index is 575. The van der Waals surface area contributed by atoms with E-state index >= 15 is 0 Å². The first kappa shape index (κ1) is 21.1. The topological polar surface area (TPSA) is 56.4 Å². The Hall–Kier alpha value is -1.21. The molecule has 0 radical (unpaired) electrons. The number of nitrogens with one attached hydrogen (secondary N) is 3. The van der Waals surface area contributed by atoms with Crippen LogP contribution in [0.5, 0.6) is 0 Å². The zero-order valence-corrected chi connectivity index (χ0v) is 16.3. The third-order valence-electron chi connectivity index (χ3n) is 5.29. The van der Waals surface area contributed by atoms with Gasteiger partial charge in [0.05, 0.1) is 6.04 Å². The number of likely N-dealkylation sites (tertiary alicyclic amines) is 1. The van der Waals surface area contributed by atoms with Crippen LogP contribution in [0.1, 0.15) is 38.3 Å². The molecule has 1 aromatic carbocycles. The summed E-state index contributed by atoms with van der Waals surface area (Å²) in [7, 11) is 0. The van der Waals surface area contributed by atoms with Crippen LogP contribution < -0.4 is 16.2 Å². The van der Waals surface area contributed by atoms with Crippen molar-refractivity contribution in [3.63, 3.8) is 0 Å². The third kappa shape index (κ3) is 5.16. The Kier molecular flexibility index (Phi) is 7.83. The van der Waals surface area contributed by atoms with E-state index in [0.29, 0.717) is 12.0 Å². The van der Waals surface area contributed by atoms with E-state index in [4.69, 9.17) is 0 Å². The number of hydrogen-bond donors (Lipinski definition) is 3. The van der Waals surface area contributed by atoms with Gasteiger partial charge in [-0.2, -0.15) is 0 Å². The maximum absolute atomic E-state index is 13.1. The Morgan fingerprint density at radius 2 is 1.92 bits per heavy atom. The molecule has 0 saturated carbocycles. The zero-order chi connectivity index (χ0) is 17.8. The second-order valence-corrected chi connectivity index (χ2v) is 7.48. The molecule has 0 spiro atoms. The van der Waals surface area contributed by atoms with Crippen LogP contribution in [0.25, 0.3) is 0 Å². The molecule has 2 atom stereocenters. The van der Waals surface area contributed by atoms with Crippen molar-refractivity contribution in [2.45, 2.75) is 38.8 Å². The second kappa shape index (κ2) is 9.65. The van der Waals surface area contributed by atoms with Gasteiger partial charge in [-0.15, -0.1) is 12.4 Å². The largest absolute Gasteiger partial charge is 0.342 e. The molecule has 2 fully saturated rings. The number of amides is 1. The highest BCUT2D eigenvalue weighted by Gasteiger charge is 2.30. The molecule has 0 aromatic heterocycles. The normalized spacial score (nSPS) is 23.9. The molecule has 2 heterocycles. The van der Waals surface area contributed by atoms with Crippen molar-refractivity contribution in [3.8, 4) is 0 Å². The predicted octanol–water partition coefficient (Wildman–Crippen LogP) is 2.25. The first-order chi connectivity index (χ1) is 12.0. The van der Waals surface area contributed by atoms with Gasteiger partial charge in [0.25, 0.3) is 0 Å². The minimum atomic E-state index is -0.202. The number of benzene rings is 1. The fraction of sp³-hybridized carbons (Fsp3) is 0.632. The third-order valence-corrected chi connectivity index (χ3v) is 5.29. The Labute approximate surface area is 161 Å². The smallest absolute Gasteiger partial charge is 0.225 e. The van der Waals surface area contributed by atoms with Gasteiger partial charge >= 0.3 is 0 Å².